The normalized spacial score (nSPS) is 36.2. The predicted molar refractivity (Wildman–Crippen MR) is 47.3 cm³/mol. The van der Waals surface area contributed by atoms with Crippen LogP contribution in [0.25, 0.3) is 0 Å². The molecule has 1 saturated carbocycles. The summed E-state index contributed by atoms with van der Waals surface area (Å²) in [4.78, 5) is 0. The molecule has 1 aliphatic rings. The summed E-state index contributed by atoms with van der Waals surface area (Å²) in [5, 5.41) is 9.71. The molecule has 2 heteroatoms. The minimum Gasteiger partial charge on any atom is -0.393 e. The first kappa shape index (κ1) is 13.1. The Morgan fingerprint density at radius 3 is 2.25 bits per heavy atom. The van der Waals surface area contributed by atoms with Crippen LogP contribution in [0.5, 0.6) is 0 Å². The van der Waals surface area contributed by atoms with Crippen molar-refractivity contribution in [1.82, 2.24) is 0 Å². The van der Waals surface area contributed by atoms with E-state index >= 15 is 0 Å². The van der Waals surface area contributed by atoms with Gasteiger partial charge in [-0.05, 0) is 30.6 Å². The molecule has 69 valence electrons. The molecule has 0 aromatic rings. The molecule has 3 atom stereocenters. The summed E-state index contributed by atoms with van der Waals surface area (Å²) in [6.07, 6.45) is 3.52. The van der Waals surface area contributed by atoms with Gasteiger partial charge in [-0.15, -0.1) is 0 Å². The Morgan fingerprint density at radius 2 is 1.83 bits per heavy atom. The van der Waals surface area contributed by atoms with Crippen LogP contribution >= 0.6 is 0 Å². The quantitative estimate of drug-likeness (QED) is 0.752. The predicted octanol–water partition coefficient (Wildman–Crippen LogP) is 2.44. The van der Waals surface area contributed by atoms with Crippen LogP contribution in [0.1, 0.15) is 40.0 Å². The molecule has 0 amide bonds. The van der Waals surface area contributed by atoms with Gasteiger partial charge in [0.25, 0.3) is 0 Å². The van der Waals surface area contributed by atoms with E-state index in [1.165, 1.54) is 12.8 Å². The van der Waals surface area contributed by atoms with Gasteiger partial charge in [0.05, 0.1) is 6.10 Å². The van der Waals surface area contributed by atoms with E-state index in [0.717, 1.165) is 12.3 Å². The SMILES string of the molecule is CC(C)[C@@H]1CC[C@@H](C)C[C@H]1O.[Y]. The summed E-state index contributed by atoms with van der Waals surface area (Å²) < 4.78 is 0. The number of aliphatic hydroxyl groups is 1. The Morgan fingerprint density at radius 1 is 1.25 bits per heavy atom. The molecule has 12 heavy (non-hydrogen) atoms. The first-order valence-electron chi connectivity index (χ1n) is 4.79. The van der Waals surface area contributed by atoms with Crippen molar-refractivity contribution in [2.45, 2.75) is 46.1 Å². The van der Waals surface area contributed by atoms with Gasteiger partial charge >= 0.3 is 0 Å². The monoisotopic (exact) mass is 245 g/mol. The molecule has 0 saturated heterocycles. The Bertz CT molecular complexity index is 125. The molecule has 0 aliphatic heterocycles. The summed E-state index contributed by atoms with van der Waals surface area (Å²) in [6.45, 7) is 6.66. The Hall–Kier alpha value is 1.06. The van der Waals surface area contributed by atoms with Crippen LogP contribution in [0.3, 0.4) is 0 Å². The Kier molecular flexibility index (Phi) is 6.23. The van der Waals surface area contributed by atoms with Gasteiger partial charge in [0.1, 0.15) is 0 Å². The van der Waals surface area contributed by atoms with Crippen LogP contribution in [0.15, 0.2) is 0 Å². The van der Waals surface area contributed by atoms with E-state index in [1.807, 2.05) is 0 Å². The molecule has 1 nitrogen and oxygen atoms in total. The zero-order chi connectivity index (χ0) is 8.43. The Labute approximate surface area is 101 Å². The van der Waals surface area contributed by atoms with Crippen molar-refractivity contribution in [2.75, 3.05) is 0 Å². The van der Waals surface area contributed by atoms with Gasteiger partial charge in [-0.3, -0.25) is 0 Å². The van der Waals surface area contributed by atoms with Gasteiger partial charge in [0.15, 0.2) is 0 Å². The molecule has 0 unspecified atom stereocenters. The minimum atomic E-state index is -0.0289. The van der Waals surface area contributed by atoms with Crippen LogP contribution in [-0.4, -0.2) is 11.2 Å². The van der Waals surface area contributed by atoms with Gasteiger partial charge < -0.3 is 5.11 Å². The van der Waals surface area contributed by atoms with E-state index in [9.17, 15) is 5.11 Å². The zero-order valence-electron chi connectivity index (χ0n) is 8.46. The molecule has 0 aromatic carbocycles. The van der Waals surface area contributed by atoms with Gasteiger partial charge in [-0.25, -0.2) is 0 Å². The fourth-order valence-corrected chi connectivity index (χ4v) is 2.15. The molecular formula is C10H20OY. The number of hydrogen-bond donors (Lipinski definition) is 1. The summed E-state index contributed by atoms with van der Waals surface area (Å²) in [5.74, 6) is 1.95. The summed E-state index contributed by atoms with van der Waals surface area (Å²) in [6, 6.07) is 0. The molecule has 1 aliphatic carbocycles. The molecule has 1 radical (unpaired) electrons. The van der Waals surface area contributed by atoms with Crippen LogP contribution in [0.2, 0.25) is 0 Å². The van der Waals surface area contributed by atoms with E-state index < -0.39 is 0 Å². The Balaban J connectivity index is 0.00000121. The van der Waals surface area contributed by atoms with Gasteiger partial charge in [-0.2, -0.15) is 0 Å². The summed E-state index contributed by atoms with van der Waals surface area (Å²) in [5.41, 5.74) is 0. The van der Waals surface area contributed by atoms with E-state index in [-0.39, 0.29) is 38.8 Å². The van der Waals surface area contributed by atoms with Crippen LogP contribution in [-0.2, 0) is 32.7 Å². The topological polar surface area (TPSA) is 20.2 Å². The van der Waals surface area contributed by atoms with Gasteiger partial charge in [0, 0.05) is 32.7 Å². The first-order valence-corrected chi connectivity index (χ1v) is 4.79. The van der Waals surface area contributed by atoms with Crippen LogP contribution in [0.4, 0.5) is 0 Å². The third-order valence-corrected chi connectivity index (χ3v) is 2.99. The van der Waals surface area contributed by atoms with Gasteiger partial charge in [-0.1, -0.05) is 27.2 Å². The minimum absolute atomic E-state index is 0. The standard InChI is InChI=1S/C10H20O.Y/c1-7(2)9-5-4-8(3)6-10(9)11;/h7-11H,4-6H2,1-3H3;/t8-,9+,10-;/m1./s1. The molecule has 1 N–H and O–H groups in total. The van der Waals surface area contributed by atoms with Gasteiger partial charge in [0.2, 0.25) is 0 Å². The van der Waals surface area contributed by atoms with E-state index in [1.54, 1.807) is 0 Å². The van der Waals surface area contributed by atoms with Crippen molar-refractivity contribution >= 4 is 0 Å². The molecular weight excluding hydrogens is 225 g/mol. The molecule has 0 spiro atoms. The average Bonchev–Trinajstić information content (AvgIpc) is 1.85. The maximum Gasteiger partial charge on any atom is 0.0573 e. The van der Waals surface area contributed by atoms with Crippen LogP contribution in [0, 0.1) is 17.8 Å². The number of hydrogen-bond acceptors (Lipinski definition) is 1. The van der Waals surface area contributed by atoms with Crippen molar-refractivity contribution in [3.05, 3.63) is 0 Å². The molecule has 1 fully saturated rings. The van der Waals surface area contributed by atoms with Crippen LogP contribution < -0.4 is 0 Å². The smallest absolute Gasteiger partial charge is 0.0573 e. The van der Waals surface area contributed by atoms with Crippen molar-refractivity contribution in [2.24, 2.45) is 17.8 Å². The maximum atomic E-state index is 9.71. The van der Waals surface area contributed by atoms with Crippen molar-refractivity contribution in [3.8, 4) is 0 Å². The van der Waals surface area contributed by atoms with Crippen molar-refractivity contribution in [1.29, 1.82) is 0 Å². The fourth-order valence-electron chi connectivity index (χ4n) is 2.15. The number of aliphatic hydroxyl groups excluding tert-OH is 1. The second kappa shape index (κ2) is 5.72. The fraction of sp³-hybridized carbons (Fsp3) is 1.00. The first-order chi connectivity index (χ1) is 5.11. The van der Waals surface area contributed by atoms with E-state index in [4.69, 9.17) is 0 Å². The summed E-state index contributed by atoms with van der Waals surface area (Å²) >= 11 is 0. The van der Waals surface area contributed by atoms with E-state index in [2.05, 4.69) is 20.8 Å². The second-order valence-corrected chi connectivity index (χ2v) is 4.39. The average molecular weight is 245 g/mol. The maximum absolute atomic E-state index is 9.71. The summed E-state index contributed by atoms with van der Waals surface area (Å²) in [7, 11) is 0. The molecule has 1 rings (SSSR count). The third-order valence-electron chi connectivity index (χ3n) is 2.99. The molecule has 0 heterocycles. The van der Waals surface area contributed by atoms with Crippen molar-refractivity contribution in [3.63, 3.8) is 0 Å². The second-order valence-electron chi connectivity index (χ2n) is 4.39. The number of rotatable bonds is 1. The van der Waals surface area contributed by atoms with E-state index in [0.29, 0.717) is 11.8 Å². The largest absolute Gasteiger partial charge is 0.393 e. The molecule has 0 bridgehead atoms. The third kappa shape index (κ3) is 3.43. The molecule has 0 aromatic heterocycles. The zero-order valence-corrected chi connectivity index (χ0v) is 11.3. The van der Waals surface area contributed by atoms with Crippen molar-refractivity contribution < 1.29 is 37.8 Å².